The summed E-state index contributed by atoms with van der Waals surface area (Å²) >= 11 is 0. The number of aromatic nitrogens is 2. The molecule has 2 aromatic heterocycles. The van der Waals surface area contributed by atoms with Gasteiger partial charge in [-0.3, -0.25) is 18.9 Å². The summed E-state index contributed by atoms with van der Waals surface area (Å²) in [6.45, 7) is 6.20. The second-order valence-corrected chi connectivity index (χ2v) is 8.69. The number of morpholine rings is 1. The average Bonchev–Trinajstić information content (AvgIpc) is 3.33. The molecule has 0 aliphatic carbocycles. The van der Waals surface area contributed by atoms with E-state index in [1.54, 1.807) is 22.4 Å². The molecule has 1 aromatic carbocycles. The number of carbonyl (C=O) groups excluding carboxylic acids is 2. The highest BCUT2D eigenvalue weighted by atomic mass is 16.5. The van der Waals surface area contributed by atoms with E-state index in [4.69, 9.17) is 4.74 Å². The number of aliphatic hydroxyl groups excluding tert-OH is 1. The van der Waals surface area contributed by atoms with E-state index in [9.17, 15) is 14.7 Å². The molecule has 8 nitrogen and oxygen atoms in total. The molecule has 1 atom stereocenters. The number of carbonyl (C=O) groups is 2. The molecule has 8 heteroatoms. The minimum absolute atomic E-state index is 0.108. The predicted molar refractivity (Wildman–Crippen MR) is 127 cm³/mol. The summed E-state index contributed by atoms with van der Waals surface area (Å²) in [4.78, 5) is 34.9. The van der Waals surface area contributed by atoms with Gasteiger partial charge in [0.05, 0.1) is 30.5 Å². The van der Waals surface area contributed by atoms with E-state index in [2.05, 4.69) is 9.88 Å². The van der Waals surface area contributed by atoms with E-state index in [1.807, 2.05) is 48.5 Å². The molecule has 2 aliphatic heterocycles. The number of aliphatic hydroxyl groups is 1. The monoisotopic (exact) mass is 460 g/mol. The molecule has 0 radical (unpaired) electrons. The Morgan fingerprint density at radius 3 is 2.56 bits per heavy atom. The van der Waals surface area contributed by atoms with Crippen molar-refractivity contribution in [3.05, 3.63) is 77.3 Å². The minimum atomic E-state index is -0.664. The topological polar surface area (TPSA) is 87.4 Å². The Kier molecular flexibility index (Phi) is 6.17. The Morgan fingerprint density at radius 1 is 1.06 bits per heavy atom. The quantitative estimate of drug-likeness (QED) is 0.346. The molecule has 0 bridgehead atoms. The number of Topliss-reactive ketones (excluding diaryl/α,β-unsaturated/α-hetero) is 1. The van der Waals surface area contributed by atoms with Gasteiger partial charge in [-0.2, -0.15) is 0 Å². The highest BCUT2D eigenvalue weighted by Gasteiger charge is 2.46. The summed E-state index contributed by atoms with van der Waals surface area (Å²) in [6, 6.07) is 14.3. The van der Waals surface area contributed by atoms with Crippen molar-refractivity contribution in [2.75, 3.05) is 39.4 Å². The zero-order chi connectivity index (χ0) is 23.7. The van der Waals surface area contributed by atoms with Crippen LogP contribution >= 0.6 is 0 Å². The van der Waals surface area contributed by atoms with Crippen LogP contribution in [0.2, 0.25) is 0 Å². The van der Waals surface area contributed by atoms with Gasteiger partial charge in [0.1, 0.15) is 11.3 Å². The highest BCUT2D eigenvalue weighted by molar-refractivity contribution is 6.46. The van der Waals surface area contributed by atoms with E-state index >= 15 is 0 Å². The van der Waals surface area contributed by atoms with Gasteiger partial charge in [-0.05, 0) is 31.0 Å². The van der Waals surface area contributed by atoms with Crippen LogP contribution in [0.3, 0.4) is 0 Å². The normalized spacial score (nSPS) is 21.0. The summed E-state index contributed by atoms with van der Waals surface area (Å²) in [5.74, 6) is -1.44. The third-order valence-electron chi connectivity index (χ3n) is 6.56. The van der Waals surface area contributed by atoms with Crippen molar-refractivity contribution >= 4 is 23.1 Å². The smallest absolute Gasteiger partial charge is 0.295 e. The van der Waals surface area contributed by atoms with E-state index in [0.29, 0.717) is 36.8 Å². The predicted octanol–water partition coefficient (Wildman–Crippen LogP) is 2.79. The standard InChI is InChI=1S/C26H28N4O4/c1-18-22(29-12-6-5-10-20(29)27-18)24(31)21-23(19-8-3-2-4-9-19)30(26(33)25(21)32)13-7-11-28-14-16-34-17-15-28/h2-6,8-10,12,23,31H,7,11,13-17H2,1H3/t23-/m0/s1. The van der Waals surface area contributed by atoms with Gasteiger partial charge in [0.25, 0.3) is 11.7 Å². The van der Waals surface area contributed by atoms with Crippen LogP contribution in [0.5, 0.6) is 0 Å². The largest absolute Gasteiger partial charge is 0.505 e. The van der Waals surface area contributed by atoms with Crippen molar-refractivity contribution < 1.29 is 19.4 Å². The SMILES string of the molecule is Cc1nc2ccccn2c1C(O)=C1C(=O)C(=O)N(CCCN2CCOCC2)[C@H]1c1ccccc1. The molecule has 1 amide bonds. The Hall–Kier alpha value is -3.49. The fourth-order valence-corrected chi connectivity index (χ4v) is 4.91. The lowest BCUT2D eigenvalue weighted by Crippen LogP contribution is -2.38. The number of rotatable bonds is 6. The highest BCUT2D eigenvalue weighted by Crippen LogP contribution is 2.40. The van der Waals surface area contributed by atoms with Crippen molar-refractivity contribution in [3.8, 4) is 0 Å². The number of ether oxygens (including phenoxy) is 1. The number of ketones is 1. The summed E-state index contributed by atoms with van der Waals surface area (Å²) in [7, 11) is 0. The second-order valence-electron chi connectivity index (χ2n) is 8.69. The number of amides is 1. The summed E-state index contributed by atoms with van der Waals surface area (Å²) < 4.78 is 7.16. The lowest BCUT2D eigenvalue weighted by molar-refractivity contribution is -0.140. The zero-order valence-corrected chi connectivity index (χ0v) is 19.2. The lowest BCUT2D eigenvalue weighted by Gasteiger charge is -2.29. The Balaban J connectivity index is 1.53. The van der Waals surface area contributed by atoms with Crippen LogP contribution in [0.4, 0.5) is 0 Å². The molecule has 0 saturated carbocycles. The molecule has 5 rings (SSSR count). The van der Waals surface area contributed by atoms with Gasteiger partial charge in [0.2, 0.25) is 0 Å². The molecule has 2 saturated heterocycles. The fourth-order valence-electron chi connectivity index (χ4n) is 4.91. The number of likely N-dealkylation sites (tertiary alicyclic amines) is 1. The number of benzene rings is 1. The molecule has 4 heterocycles. The van der Waals surface area contributed by atoms with Gasteiger partial charge in [0, 0.05) is 32.4 Å². The number of nitrogens with zero attached hydrogens (tertiary/aromatic N) is 4. The molecule has 0 unspecified atom stereocenters. The summed E-state index contributed by atoms with van der Waals surface area (Å²) in [5, 5.41) is 11.5. The second kappa shape index (κ2) is 9.40. The third kappa shape index (κ3) is 3.99. The maximum Gasteiger partial charge on any atom is 0.295 e. The number of pyridine rings is 1. The van der Waals surface area contributed by atoms with Crippen LogP contribution in [0, 0.1) is 6.92 Å². The first-order chi connectivity index (χ1) is 16.6. The van der Waals surface area contributed by atoms with Crippen molar-refractivity contribution in [1.82, 2.24) is 19.2 Å². The molecule has 1 N–H and O–H groups in total. The first kappa shape index (κ1) is 22.3. The van der Waals surface area contributed by atoms with Crippen LogP contribution in [-0.2, 0) is 14.3 Å². The van der Waals surface area contributed by atoms with Crippen LogP contribution in [0.15, 0.2) is 60.3 Å². The number of hydrogen-bond donors (Lipinski definition) is 1. The van der Waals surface area contributed by atoms with Crippen LogP contribution in [0.1, 0.15) is 29.4 Å². The summed E-state index contributed by atoms with van der Waals surface area (Å²) in [6.07, 6.45) is 2.52. The first-order valence-electron chi connectivity index (χ1n) is 11.6. The zero-order valence-electron chi connectivity index (χ0n) is 19.2. The lowest BCUT2D eigenvalue weighted by atomic mass is 9.96. The van der Waals surface area contributed by atoms with Gasteiger partial charge >= 0.3 is 0 Å². The van der Waals surface area contributed by atoms with Crippen molar-refractivity contribution in [3.63, 3.8) is 0 Å². The number of hydrogen-bond acceptors (Lipinski definition) is 6. The molecule has 2 aliphatic rings. The van der Waals surface area contributed by atoms with Crippen LogP contribution < -0.4 is 0 Å². The fraction of sp³-hybridized carbons (Fsp3) is 0.346. The average molecular weight is 461 g/mol. The molecular weight excluding hydrogens is 432 g/mol. The molecule has 176 valence electrons. The van der Waals surface area contributed by atoms with Crippen molar-refractivity contribution in [2.24, 2.45) is 0 Å². The van der Waals surface area contributed by atoms with E-state index < -0.39 is 17.7 Å². The van der Waals surface area contributed by atoms with Crippen LogP contribution in [0.25, 0.3) is 11.4 Å². The van der Waals surface area contributed by atoms with Gasteiger partial charge < -0.3 is 14.7 Å². The maximum absolute atomic E-state index is 13.3. The van der Waals surface area contributed by atoms with E-state index in [1.165, 1.54) is 0 Å². The van der Waals surface area contributed by atoms with Crippen molar-refractivity contribution in [2.45, 2.75) is 19.4 Å². The Morgan fingerprint density at radius 2 is 1.79 bits per heavy atom. The molecule has 2 fully saturated rings. The van der Waals surface area contributed by atoms with E-state index in [0.717, 1.165) is 31.6 Å². The maximum atomic E-state index is 13.3. The number of imidazole rings is 1. The molecular formula is C26H28N4O4. The van der Waals surface area contributed by atoms with Gasteiger partial charge in [-0.15, -0.1) is 0 Å². The molecule has 3 aromatic rings. The number of aryl methyl sites for hydroxylation is 1. The Bertz CT molecular complexity index is 1240. The third-order valence-corrected chi connectivity index (χ3v) is 6.56. The number of fused-ring (bicyclic) bond motifs is 1. The van der Waals surface area contributed by atoms with Crippen molar-refractivity contribution in [1.29, 1.82) is 0 Å². The first-order valence-corrected chi connectivity index (χ1v) is 11.6. The molecule has 0 spiro atoms. The molecule has 34 heavy (non-hydrogen) atoms. The van der Waals surface area contributed by atoms with Crippen LogP contribution in [-0.4, -0.2) is 75.4 Å². The van der Waals surface area contributed by atoms with Gasteiger partial charge in [0.15, 0.2) is 5.76 Å². The van der Waals surface area contributed by atoms with Gasteiger partial charge in [-0.1, -0.05) is 36.4 Å². The Labute approximate surface area is 198 Å². The minimum Gasteiger partial charge on any atom is -0.505 e. The van der Waals surface area contributed by atoms with Gasteiger partial charge in [-0.25, -0.2) is 4.98 Å². The summed E-state index contributed by atoms with van der Waals surface area (Å²) in [5.41, 5.74) is 2.59. The van der Waals surface area contributed by atoms with E-state index in [-0.39, 0.29) is 11.3 Å².